The molecular weight excluding hydrogens is 429 g/mol. The summed E-state index contributed by atoms with van der Waals surface area (Å²) in [4.78, 5) is 17.5. The molecule has 1 saturated heterocycles. The van der Waals surface area contributed by atoms with Gasteiger partial charge < -0.3 is 9.88 Å². The monoisotopic (exact) mass is 445 g/mol. The van der Waals surface area contributed by atoms with Crippen molar-refractivity contribution in [2.75, 3.05) is 26.2 Å². The van der Waals surface area contributed by atoms with Crippen LogP contribution in [0.1, 0.15) is 10.5 Å². The summed E-state index contributed by atoms with van der Waals surface area (Å²) in [5, 5.41) is 0.354. The number of H-pyrrole nitrogens is 1. The van der Waals surface area contributed by atoms with Crippen molar-refractivity contribution in [2.45, 2.75) is 4.90 Å². The molecule has 1 amide bonds. The molecule has 8 nitrogen and oxygen atoms in total. The minimum absolute atomic E-state index is 0.125. The van der Waals surface area contributed by atoms with Crippen LogP contribution in [0, 0.1) is 5.82 Å². The molecule has 0 saturated carbocycles. The van der Waals surface area contributed by atoms with Crippen molar-refractivity contribution in [1.82, 2.24) is 22.9 Å². The van der Waals surface area contributed by atoms with E-state index < -0.39 is 15.8 Å². The average molecular weight is 446 g/mol. The van der Waals surface area contributed by atoms with Gasteiger partial charge in [0.1, 0.15) is 27.4 Å². The molecule has 4 aromatic rings. The molecule has 0 unspecified atom stereocenters. The van der Waals surface area contributed by atoms with Crippen LogP contribution in [0.3, 0.4) is 0 Å². The fourth-order valence-corrected chi connectivity index (χ4v) is 5.84. The molecule has 11 heteroatoms. The normalized spacial score (nSPS) is 15.8. The number of nitrogens with one attached hydrogen (secondary N) is 1. The summed E-state index contributed by atoms with van der Waals surface area (Å²) >= 11 is 0.968. The lowest BCUT2D eigenvalue weighted by Gasteiger charge is -2.33. The SMILES string of the molecule is O=C(c1cc2c(F)cccc2[nH]1)N1CCN(S(=O)(=O)c2cccc3nsnc23)CC1. The molecule has 3 heterocycles. The minimum Gasteiger partial charge on any atom is -0.350 e. The highest BCUT2D eigenvalue weighted by atomic mass is 32.2. The van der Waals surface area contributed by atoms with E-state index in [2.05, 4.69) is 13.7 Å². The number of nitrogens with zero attached hydrogens (tertiary/aromatic N) is 4. The minimum atomic E-state index is -3.76. The quantitative estimate of drug-likeness (QED) is 0.522. The molecule has 154 valence electrons. The van der Waals surface area contributed by atoms with Gasteiger partial charge in [0.25, 0.3) is 5.91 Å². The molecule has 5 rings (SSSR count). The van der Waals surface area contributed by atoms with Crippen LogP contribution in [0.4, 0.5) is 4.39 Å². The first-order valence-corrected chi connectivity index (χ1v) is 11.4. The zero-order chi connectivity index (χ0) is 20.9. The molecule has 1 fully saturated rings. The van der Waals surface area contributed by atoms with Crippen molar-refractivity contribution >= 4 is 49.6 Å². The predicted molar refractivity (Wildman–Crippen MR) is 110 cm³/mol. The number of sulfonamides is 1. The predicted octanol–water partition coefficient (Wildman–Crippen LogP) is 2.46. The molecular formula is C19H16FN5O3S2. The summed E-state index contributed by atoms with van der Waals surface area (Å²) in [6, 6.07) is 11.0. The number of carbonyl (C=O) groups excluding carboxylic acids is 1. The second-order valence-corrected chi connectivity index (χ2v) is 9.40. The van der Waals surface area contributed by atoms with Crippen LogP contribution in [0.15, 0.2) is 47.4 Å². The molecule has 1 N–H and O–H groups in total. The smallest absolute Gasteiger partial charge is 0.270 e. The number of piperazine rings is 1. The van der Waals surface area contributed by atoms with E-state index in [4.69, 9.17) is 0 Å². The van der Waals surface area contributed by atoms with Crippen LogP contribution in [0.2, 0.25) is 0 Å². The largest absolute Gasteiger partial charge is 0.350 e. The third kappa shape index (κ3) is 3.06. The highest BCUT2D eigenvalue weighted by Crippen LogP contribution is 2.26. The molecule has 0 radical (unpaired) electrons. The molecule has 0 spiro atoms. The van der Waals surface area contributed by atoms with Crippen molar-refractivity contribution in [1.29, 1.82) is 0 Å². The van der Waals surface area contributed by atoms with E-state index in [-0.39, 0.29) is 42.7 Å². The summed E-state index contributed by atoms with van der Waals surface area (Å²) in [5.74, 6) is -0.683. The van der Waals surface area contributed by atoms with Crippen molar-refractivity contribution in [2.24, 2.45) is 0 Å². The van der Waals surface area contributed by atoms with Gasteiger partial charge in [0, 0.05) is 37.1 Å². The molecule has 2 aromatic carbocycles. The molecule has 30 heavy (non-hydrogen) atoms. The second-order valence-electron chi connectivity index (χ2n) is 6.97. The lowest BCUT2D eigenvalue weighted by Crippen LogP contribution is -2.50. The van der Waals surface area contributed by atoms with Gasteiger partial charge >= 0.3 is 0 Å². The molecule has 0 bridgehead atoms. The van der Waals surface area contributed by atoms with E-state index >= 15 is 0 Å². The van der Waals surface area contributed by atoms with Gasteiger partial charge in [0.05, 0.1) is 11.7 Å². The lowest BCUT2D eigenvalue weighted by atomic mass is 10.2. The Morgan fingerprint density at radius 1 is 1.07 bits per heavy atom. The van der Waals surface area contributed by atoms with Gasteiger partial charge in [0.15, 0.2) is 0 Å². The topological polar surface area (TPSA) is 99.3 Å². The van der Waals surface area contributed by atoms with Crippen molar-refractivity contribution in [3.8, 4) is 0 Å². The Hall–Kier alpha value is -2.89. The fourth-order valence-electron chi connectivity index (χ4n) is 3.66. The number of hydrogen-bond donors (Lipinski definition) is 1. The first-order valence-electron chi connectivity index (χ1n) is 9.23. The zero-order valence-corrected chi connectivity index (χ0v) is 17.2. The number of rotatable bonds is 3. The number of carbonyl (C=O) groups is 1. The standard InChI is InChI=1S/C19H16FN5O3S2/c20-13-3-1-4-14-12(13)11-16(21-14)19(26)24-7-9-25(10-8-24)30(27,28)17-6-2-5-15-18(17)23-29-22-15/h1-6,11,21H,7-10H2. The average Bonchev–Trinajstić information content (AvgIpc) is 3.40. The third-order valence-electron chi connectivity index (χ3n) is 5.23. The molecule has 0 atom stereocenters. The number of aromatic amines is 1. The number of hydrogen-bond acceptors (Lipinski definition) is 6. The van der Waals surface area contributed by atoms with E-state index in [1.807, 2.05) is 0 Å². The second kappa shape index (κ2) is 7.11. The Morgan fingerprint density at radius 3 is 2.60 bits per heavy atom. The van der Waals surface area contributed by atoms with Gasteiger partial charge in [-0.15, -0.1) is 0 Å². The maximum Gasteiger partial charge on any atom is 0.270 e. The number of fused-ring (bicyclic) bond motifs is 2. The molecule has 0 aliphatic carbocycles. The summed E-state index contributed by atoms with van der Waals surface area (Å²) in [5.41, 5.74) is 1.73. The first kappa shape index (κ1) is 19.1. The summed E-state index contributed by atoms with van der Waals surface area (Å²) in [7, 11) is -3.76. The van der Waals surface area contributed by atoms with Crippen LogP contribution in [0.5, 0.6) is 0 Å². The summed E-state index contributed by atoms with van der Waals surface area (Å²) in [6.07, 6.45) is 0. The highest BCUT2D eigenvalue weighted by Gasteiger charge is 2.32. The zero-order valence-electron chi connectivity index (χ0n) is 15.6. The van der Waals surface area contributed by atoms with Crippen molar-refractivity contribution in [3.05, 3.63) is 54.0 Å². The van der Waals surface area contributed by atoms with E-state index in [9.17, 15) is 17.6 Å². The Bertz CT molecular complexity index is 1370. The van der Waals surface area contributed by atoms with Crippen LogP contribution in [-0.2, 0) is 10.0 Å². The maximum absolute atomic E-state index is 13.9. The Morgan fingerprint density at radius 2 is 1.83 bits per heavy atom. The molecule has 1 aliphatic rings. The Labute approximate surface area is 175 Å². The van der Waals surface area contributed by atoms with Gasteiger partial charge in [-0.2, -0.15) is 13.1 Å². The van der Waals surface area contributed by atoms with E-state index in [1.54, 1.807) is 29.2 Å². The van der Waals surface area contributed by atoms with Crippen LogP contribution >= 0.6 is 11.7 Å². The Balaban J connectivity index is 1.35. The van der Waals surface area contributed by atoms with Crippen LogP contribution in [0.25, 0.3) is 21.9 Å². The lowest BCUT2D eigenvalue weighted by molar-refractivity contribution is 0.0693. The molecule has 2 aromatic heterocycles. The third-order valence-corrected chi connectivity index (χ3v) is 7.71. The van der Waals surface area contributed by atoms with Crippen LogP contribution in [-0.4, -0.2) is 63.4 Å². The van der Waals surface area contributed by atoms with E-state index in [0.717, 1.165) is 11.7 Å². The number of benzene rings is 2. The number of aromatic nitrogens is 3. The van der Waals surface area contributed by atoms with Gasteiger partial charge in [-0.05, 0) is 30.3 Å². The fraction of sp³-hybridized carbons (Fsp3) is 0.211. The van der Waals surface area contributed by atoms with Gasteiger partial charge in [-0.1, -0.05) is 12.1 Å². The summed E-state index contributed by atoms with van der Waals surface area (Å²) in [6.45, 7) is 0.801. The van der Waals surface area contributed by atoms with Gasteiger partial charge in [-0.25, -0.2) is 12.8 Å². The van der Waals surface area contributed by atoms with Crippen LogP contribution < -0.4 is 0 Å². The van der Waals surface area contributed by atoms with E-state index in [1.165, 1.54) is 22.5 Å². The van der Waals surface area contributed by atoms with Gasteiger partial charge in [-0.3, -0.25) is 4.79 Å². The highest BCUT2D eigenvalue weighted by molar-refractivity contribution is 7.89. The molecule has 1 aliphatic heterocycles. The Kier molecular flexibility index (Phi) is 4.53. The number of amides is 1. The maximum atomic E-state index is 13.9. The van der Waals surface area contributed by atoms with Crippen molar-refractivity contribution in [3.63, 3.8) is 0 Å². The van der Waals surface area contributed by atoms with Gasteiger partial charge in [0.2, 0.25) is 10.0 Å². The van der Waals surface area contributed by atoms with Crippen molar-refractivity contribution < 1.29 is 17.6 Å². The van der Waals surface area contributed by atoms with E-state index in [0.29, 0.717) is 21.9 Å². The first-order chi connectivity index (χ1) is 14.4. The summed E-state index contributed by atoms with van der Waals surface area (Å²) < 4.78 is 49.7. The number of halogens is 1.